The van der Waals surface area contributed by atoms with Gasteiger partial charge in [0.15, 0.2) is 0 Å². The number of rotatable bonds is 2. The molecule has 2 atom stereocenters. The standard InChI is InChI=1S/C18H29NO/c1-16-7-13-8-17(2,10-16)12-18(9-13,11-16)15(20)19-14-5-3-4-6-14/h13-14H,3-12H2,1-2H3,(H,19,20). The zero-order valence-corrected chi connectivity index (χ0v) is 13.1. The summed E-state index contributed by atoms with van der Waals surface area (Å²) >= 11 is 0. The number of carbonyl (C=O) groups excluding carboxylic acids is 1. The first-order valence-corrected chi connectivity index (χ1v) is 8.72. The second-order valence-corrected chi connectivity index (χ2v) is 9.37. The molecule has 1 amide bonds. The van der Waals surface area contributed by atoms with Gasteiger partial charge in [0.25, 0.3) is 0 Å². The van der Waals surface area contributed by atoms with Crippen molar-refractivity contribution in [3.05, 3.63) is 0 Å². The van der Waals surface area contributed by atoms with E-state index in [1.54, 1.807) is 0 Å². The number of carbonyl (C=O) groups is 1. The lowest BCUT2D eigenvalue weighted by atomic mass is 9.40. The normalized spacial score (nSPS) is 50.6. The molecule has 0 aromatic carbocycles. The lowest BCUT2D eigenvalue weighted by molar-refractivity contribution is -0.170. The van der Waals surface area contributed by atoms with E-state index in [0.29, 0.717) is 22.8 Å². The first kappa shape index (κ1) is 13.2. The lowest BCUT2D eigenvalue weighted by Gasteiger charge is -2.64. The SMILES string of the molecule is CC12CC3CC(C)(C1)CC(C(=O)NC1CCCC1)(C3)C2. The molecule has 0 aliphatic heterocycles. The minimum Gasteiger partial charge on any atom is -0.353 e. The molecule has 5 aliphatic rings. The Morgan fingerprint density at radius 2 is 1.55 bits per heavy atom. The van der Waals surface area contributed by atoms with E-state index in [-0.39, 0.29) is 5.41 Å². The van der Waals surface area contributed by atoms with Crippen LogP contribution < -0.4 is 5.32 Å². The van der Waals surface area contributed by atoms with Crippen molar-refractivity contribution >= 4 is 5.91 Å². The minimum absolute atomic E-state index is 0.00843. The van der Waals surface area contributed by atoms with Crippen molar-refractivity contribution in [3.63, 3.8) is 0 Å². The number of hydrogen-bond acceptors (Lipinski definition) is 1. The van der Waals surface area contributed by atoms with Gasteiger partial charge in [0.1, 0.15) is 0 Å². The van der Waals surface area contributed by atoms with Gasteiger partial charge in [-0.25, -0.2) is 0 Å². The van der Waals surface area contributed by atoms with Gasteiger partial charge in [-0.05, 0) is 68.1 Å². The quantitative estimate of drug-likeness (QED) is 0.809. The topological polar surface area (TPSA) is 29.1 Å². The Balaban J connectivity index is 1.58. The van der Waals surface area contributed by atoms with Gasteiger partial charge in [-0.15, -0.1) is 0 Å². The minimum atomic E-state index is -0.00843. The van der Waals surface area contributed by atoms with Crippen molar-refractivity contribution in [3.8, 4) is 0 Å². The molecule has 20 heavy (non-hydrogen) atoms. The number of nitrogens with one attached hydrogen (secondary N) is 1. The summed E-state index contributed by atoms with van der Waals surface area (Å²) in [6.45, 7) is 4.90. The van der Waals surface area contributed by atoms with Gasteiger partial charge >= 0.3 is 0 Å². The van der Waals surface area contributed by atoms with E-state index in [9.17, 15) is 4.79 Å². The molecule has 2 unspecified atom stereocenters. The summed E-state index contributed by atoms with van der Waals surface area (Å²) < 4.78 is 0. The Kier molecular flexibility index (Phi) is 2.64. The maximum atomic E-state index is 13.0. The van der Waals surface area contributed by atoms with Gasteiger partial charge in [0.2, 0.25) is 5.91 Å². The summed E-state index contributed by atoms with van der Waals surface area (Å²) in [5, 5.41) is 3.43. The summed E-state index contributed by atoms with van der Waals surface area (Å²) in [5.74, 6) is 1.24. The number of amides is 1. The van der Waals surface area contributed by atoms with E-state index in [1.165, 1.54) is 51.4 Å². The van der Waals surface area contributed by atoms with E-state index in [2.05, 4.69) is 19.2 Å². The molecular weight excluding hydrogens is 246 g/mol. The third-order valence-electron chi connectivity index (χ3n) is 6.80. The Hall–Kier alpha value is -0.530. The van der Waals surface area contributed by atoms with Gasteiger partial charge in [0.05, 0.1) is 5.41 Å². The second kappa shape index (κ2) is 4.01. The van der Waals surface area contributed by atoms with E-state index >= 15 is 0 Å². The van der Waals surface area contributed by atoms with E-state index in [4.69, 9.17) is 0 Å². The molecule has 0 aromatic heterocycles. The first-order valence-electron chi connectivity index (χ1n) is 8.72. The molecule has 0 saturated heterocycles. The van der Waals surface area contributed by atoms with Crippen molar-refractivity contribution in [2.24, 2.45) is 22.2 Å². The molecular formula is C18H29NO. The van der Waals surface area contributed by atoms with Gasteiger partial charge in [-0.2, -0.15) is 0 Å². The Morgan fingerprint density at radius 3 is 2.10 bits per heavy atom. The molecule has 5 rings (SSSR count). The Labute approximate surface area is 123 Å². The molecule has 112 valence electrons. The van der Waals surface area contributed by atoms with Crippen LogP contribution in [0.15, 0.2) is 0 Å². The predicted molar refractivity (Wildman–Crippen MR) is 80.2 cm³/mol. The smallest absolute Gasteiger partial charge is 0.226 e. The molecule has 2 nitrogen and oxygen atoms in total. The largest absolute Gasteiger partial charge is 0.353 e. The fourth-order valence-electron chi connectivity index (χ4n) is 7.11. The van der Waals surface area contributed by atoms with Crippen LogP contribution in [0.25, 0.3) is 0 Å². The van der Waals surface area contributed by atoms with Gasteiger partial charge in [-0.3, -0.25) is 4.79 Å². The van der Waals surface area contributed by atoms with Gasteiger partial charge < -0.3 is 5.32 Å². The fourth-order valence-corrected chi connectivity index (χ4v) is 7.11. The zero-order valence-electron chi connectivity index (χ0n) is 13.1. The van der Waals surface area contributed by atoms with Crippen LogP contribution in [0.1, 0.15) is 78.1 Å². The Morgan fingerprint density at radius 1 is 0.950 bits per heavy atom. The highest BCUT2D eigenvalue weighted by molar-refractivity contribution is 5.83. The zero-order chi connectivity index (χ0) is 14.0. The van der Waals surface area contributed by atoms with Crippen molar-refractivity contribution in [1.82, 2.24) is 5.32 Å². The molecule has 2 heteroatoms. The van der Waals surface area contributed by atoms with Crippen LogP contribution in [0.5, 0.6) is 0 Å². The molecule has 0 spiro atoms. The van der Waals surface area contributed by atoms with Gasteiger partial charge in [0, 0.05) is 6.04 Å². The van der Waals surface area contributed by atoms with E-state index < -0.39 is 0 Å². The van der Waals surface area contributed by atoms with Crippen LogP contribution >= 0.6 is 0 Å². The van der Waals surface area contributed by atoms with Crippen molar-refractivity contribution in [2.45, 2.75) is 84.1 Å². The van der Waals surface area contributed by atoms with Crippen LogP contribution in [0.2, 0.25) is 0 Å². The maximum Gasteiger partial charge on any atom is 0.226 e. The molecule has 4 bridgehead atoms. The third-order valence-corrected chi connectivity index (χ3v) is 6.80. The summed E-state index contributed by atoms with van der Waals surface area (Å²) in [5.41, 5.74) is 0.883. The maximum absolute atomic E-state index is 13.0. The second-order valence-electron chi connectivity index (χ2n) is 9.37. The highest BCUT2D eigenvalue weighted by Crippen LogP contribution is 2.69. The molecule has 0 radical (unpaired) electrons. The average molecular weight is 275 g/mol. The predicted octanol–water partition coefficient (Wildman–Crippen LogP) is 4.04. The van der Waals surface area contributed by atoms with Crippen molar-refractivity contribution in [2.75, 3.05) is 0 Å². The highest BCUT2D eigenvalue weighted by atomic mass is 16.2. The third kappa shape index (κ3) is 1.94. The molecule has 5 fully saturated rings. The number of hydrogen-bond donors (Lipinski definition) is 1. The Bertz CT molecular complexity index is 419. The average Bonchev–Trinajstić information content (AvgIpc) is 2.76. The molecule has 5 aliphatic carbocycles. The van der Waals surface area contributed by atoms with Crippen LogP contribution in [0.4, 0.5) is 0 Å². The highest BCUT2D eigenvalue weighted by Gasteiger charge is 2.62. The van der Waals surface area contributed by atoms with E-state index in [1.807, 2.05) is 0 Å². The first-order chi connectivity index (χ1) is 9.41. The summed E-state index contributed by atoms with van der Waals surface area (Å²) in [6, 6.07) is 0.483. The fraction of sp³-hybridized carbons (Fsp3) is 0.944. The molecule has 0 heterocycles. The van der Waals surface area contributed by atoms with Crippen LogP contribution in [-0.2, 0) is 4.79 Å². The van der Waals surface area contributed by atoms with Crippen LogP contribution in [-0.4, -0.2) is 11.9 Å². The van der Waals surface area contributed by atoms with Crippen molar-refractivity contribution < 1.29 is 4.79 Å². The van der Waals surface area contributed by atoms with Crippen molar-refractivity contribution in [1.29, 1.82) is 0 Å². The van der Waals surface area contributed by atoms with Gasteiger partial charge in [-0.1, -0.05) is 26.7 Å². The monoisotopic (exact) mass is 275 g/mol. The molecule has 0 aromatic rings. The van der Waals surface area contributed by atoms with Crippen LogP contribution in [0.3, 0.4) is 0 Å². The molecule has 5 saturated carbocycles. The molecule has 1 N–H and O–H groups in total. The van der Waals surface area contributed by atoms with Crippen LogP contribution in [0, 0.1) is 22.2 Å². The lowest BCUT2D eigenvalue weighted by Crippen LogP contribution is -2.60. The van der Waals surface area contributed by atoms with E-state index in [0.717, 1.165) is 18.8 Å². The summed E-state index contributed by atoms with van der Waals surface area (Å²) in [6.07, 6.45) is 12.6. The summed E-state index contributed by atoms with van der Waals surface area (Å²) in [4.78, 5) is 13.0. The summed E-state index contributed by atoms with van der Waals surface area (Å²) in [7, 11) is 0.